The molecule has 0 saturated carbocycles. The van der Waals surface area contributed by atoms with Crippen molar-refractivity contribution in [2.45, 2.75) is 21.5 Å². The van der Waals surface area contributed by atoms with Crippen molar-refractivity contribution in [3.8, 4) is 0 Å². The summed E-state index contributed by atoms with van der Waals surface area (Å²) in [6.07, 6.45) is 1.01. The fourth-order valence-corrected chi connectivity index (χ4v) is 5.14. The van der Waals surface area contributed by atoms with E-state index in [-0.39, 0.29) is 0 Å². The molecule has 2 aromatic carbocycles. The first-order chi connectivity index (χ1) is 9.22. The number of nitrogen functional groups attached to an aromatic ring is 1. The zero-order chi connectivity index (χ0) is 13.2. The van der Waals surface area contributed by atoms with Gasteiger partial charge in [0.2, 0.25) is 0 Å². The van der Waals surface area contributed by atoms with Crippen LogP contribution in [0.2, 0.25) is 0 Å². The summed E-state index contributed by atoms with van der Waals surface area (Å²) < 4.78 is 12.3. The van der Waals surface area contributed by atoms with Crippen LogP contribution < -0.4 is 5.73 Å². The predicted molar refractivity (Wildman–Crippen MR) is 81.9 cm³/mol. The Balaban J connectivity index is 1.69. The van der Waals surface area contributed by atoms with Crippen molar-refractivity contribution in [2.24, 2.45) is 0 Å². The maximum Gasteiger partial charge on any atom is 0.0541 e. The van der Waals surface area contributed by atoms with E-state index in [1.54, 1.807) is 0 Å². The van der Waals surface area contributed by atoms with Gasteiger partial charge in [-0.05, 0) is 36.2 Å². The highest BCUT2D eigenvalue weighted by Crippen LogP contribution is 2.37. The first-order valence-corrected chi connectivity index (χ1v) is 8.41. The third-order valence-electron chi connectivity index (χ3n) is 3.17. The molecule has 3 rings (SSSR count). The Hall–Kier alpha value is -1.26. The third-order valence-corrected chi connectivity index (χ3v) is 6.19. The van der Waals surface area contributed by atoms with Crippen LogP contribution >= 0.6 is 11.8 Å². The number of fused-ring (bicyclic) bond motifs is 1. The maximum atomic E-state index is 12.3. The van der Waals surface area contributed by atoms with Gasteiger partial charge in [-0.25, -0.2) is 0 Å². The van der Waals surface area contributed by atoms with Crippen molar-refractivity contribution in [1.29, 1.82) is 0 Å². The monoisotopic (exact) mass is 289 g/mol. The van der Waals surface area contributed by atoms with E-state index < -0.39 is 10.8 Å². The molecule has 2 atom stereocenters. The van der Waals surface area contributed by atoms with Crippen molar-refractivity contribution in [3.63, 3.8) is 0 Å². The molecule has 0 aromatic heterocycles. The van der Waals surface area contributed by atoms with E-state index in [4.69, 9.17) is 5.73 Å². The van der Waals surface area contributed by atoms with E-state index >= 15 is 0 Å². The fraction of sp³-hybridized carbons (Fsp3) is 0.200. The second-order valence-electron chi connectivity index (χ2n) is 4.64. The molecular formula is C15H15NOS2. The normalized spacial score (nSPS) is 19.1. The predicted octanol–water partition coefficient (Wildman–Crippen LogP) is 3.09. The highest BCUT2D eigenvalue weighted by atomic mass is 32.2. The smallest absolute Gasteiger partial charge is 0.0541 e. The van der Waals surface area contributed by atoms with E-state index in [0.717, 1.165) is 11.3 Å². The van der Waals surface area contributed by atoms with Crippen molar-refractivity contribution in [1.82, 2.24) is 0 Å². The van der Waals surface area contributed by atoms with Crippen LogP contribution in [-0.2, 0) is 17.2 Å². The Morgan fingerprint density at radius 1 is 1.21 bits per heavy atom. The summed E-state index contributed by atoms with van der Waals surface area (Å²) in [5, 5.41) is 0.402. The largest absolute Gasteiger partial charge is 0.399 e. The van der Waals surface area contributed by atoms with E-state index in [9.17, 15) is 4.21 Å². The number of anilines is 1. The second-order valence-corrected chi connectivity index (χ2v) is 7.47. The van der Waals surface area contributed by atoms with Crippen molar-refractivity contribution >= 4 is 28.2 Å². The highest BCUT2D eigenvalue weighted by molar-refractivity contribution is 8.01. The van der Waals surface area contributed by atoms with Crippen LogP contribution in [0.3, 0.4) is 0 Å². The minimum atomic E-state index is -0.973. The summed E-state index contributed by atoms with van der Waals surface area (Å²) in [7, 11) is -0.973. The molecule has 0 spiro atoms. The van der Waals surface area contributed by atoms with Crippen molar-refractivity contribution in [2.75, 3.05) is 11.5 Å². The molecule has 2 nitrogen and oxygen atoms in total. The van der Waals surface area contributed by atoms with Gasteiger partial charge in [0.05, 0.1) is 10.8 Å². The van der Waals surface area contributed by atoms with Gasteiger partial charge in [0.15, 0.2) is 0 Å². The Morgan fingerprint density at radius 2 is 2.05 bits per heavy atom. The summed E-state index contributed by atoms with van der Waals surface area (Å²) in [6.45, 7) is 0. The standard InChI is InChI=1S/C15H15NOS2/c16-12-5-3-6-14(9-12)19(17)10-13-8-11-4-1-2-7-15(11)18-13/h1-7,9,13H,8,10,16H2. The molecule has 0 saturated heterocycles. The van der Waals surface area contributed by atoms with Gasteiger partial charge in [0, 0.05) is 26.5 Å². The fourth-order valence-electron chi connectivity index (χ4n) is 2.27. The molecule has 1 aliphatic heterocycles. The lowest BCUT2D eigenvalue weighted by atomic mass is 10.1. The van der Waals surface area contributed by atoms with Gasteiger partial charge in [-0.1, -0.05) is 24.3 Å². The lowest BCUT2D eigenvalue weighted by Gasteiger charge is -2.08. The molecule has 98 valence electrons. The van der Waals surface area contributed by atoms with Crippen LogP contribution in [0.4, 0.5) is 5.69 Å². The SMILES string of the molecule is Nc1cccc(S(=O)CC2Cc3ccccc3S2)c1. The van der Waals surface area contributed by atoms with E-state index in [1.807, 2.05) is 36.0 Å². The van der Waals surface area contributed by atoms with E-state index in [0.29, 0.717) is 16.7 Å². The van der Waals surface area contributed by atoms with Crippen LogP contribution in [0.5, 0.6) is 0 Å². The molecule has 1 heterocycles. The van der Waals surface area contributed by atoms with Crippen LogP contribution in [0.1, 0.15) is 5.56 Å². The van der Waals surface area contributed by atoms with Crippen LogP contribution in [0.15, 0.2) is 58.3 Å². The number of rotatable bonds is 3. The minimum Gasteiger partial charge on any atom is -0.399 e. The molecule has 19 heavy (non-hydrogen) atoms. The van der Waals surface area contributed by atoms with Crippen molar-refractivity contribution < 1.29 is 4.21 Å². The minimum absolute atomic E-state index is 0.402. The van der Waals surface area contributed by atoms with E-state index in [2.05, 4.69) is 24.3 Å². The zero-order valence-corrected chi connectivity index (χ0v) is 12.0. The molecule has 0 fully saturated rings. The van der Waals surface area contributed by atoms with Gasteiger partial charge >= 0.3 is 0 Å². The summed E-state index contributed by atoms with van der Waals surface area (Å²) in [5.41, 5.74) is 7.79. The van der Waals surface area contributed by atoms with E-state index in [1.165, 1.54) is 10.5 Å². The number of benzene rings is 2. The molecule has 0 aliphatic carbocycles. The molecule has 2 unspecified atom stereocenters. The third kappa shape index (κ3) is 2.85. The van der Waals surface area contributed by atoms with Crippen LogP contribution in [-0.4, -0.2) is 15.2 Å². The lowest BCUT2D eigenvalue weighted by Crippen LogP contribution is -2.13. The summed E-state index contributed by atoms with van der Waals surface area (Å²) in [6, 6.07) is 15.8. The maximum absolute atomic E-state index is 12.3. The second kappa shape index (κ2) is 5.39. The first-order valence-electron chi connectivity index (χ1n) is 6.21. The van der Waals surface area contributed by atoms with Gasteiger partial charge in [0.1, 0.15) is 0 Å². The molecule has 4 heteroatoms. The molecular weight excluding hydrogens is 274 g/mol. The molecule has 2 N–H and O–H groups in total. The number of nitrogens with two attached hydrogens (primary N) is 1. The molecule has 2 aromatic rings. The van der Waals surface area contributed by atoms with Gasteiger partial charge in [-0.2, -0.15) is 0 Å². The number of hydrogen-bond acceptors (Lipinski definition) is 3. The topological polar surface area (TPSA) is 43.1 Å². The Labute approximate surface area is 119 Å². The Morgan fingerprint density at radius 3 is 2.84 bits per heavy atom. The Kier molecular flexibility index (Phi) is 3.62. The van der Waals surface area contributed by atoms with Gasteiger partial charge in [0.25, 0.3) is 0 Å². The van der Waals surface area contributed by atoms with Crippen molar-refractivity contribution in [3.05, 3.63) is 54.1 Å². The summed E-state index contributed by atoms with van der Waals surface area (Å²) >= 11 is 1.84. The number of thioether (sulfide) groups is 1. The first kappa shape index (κ1) is 12.8. The molecule has 0 radical (unpaired) electrons. The average Bonchev–Trinajstić information content (AvgIpc) is 2.80. The van der Waals surface area contributed by atoms with Gasteiger partial charge in [-0.3, -0.25) is 4.21 Å². The quantitative estimate of drug-likeness (QED) is 0.883. The van der Waals surface area contributed by atoms with Gasteiger partial charge in [-0.15, -0.1) is 11.8 Å². The molecule has 0 amide bonds. The number of hydrogen-bond donors (Lipinski definition) is 1. The zero-order valence-electron chi connectivity index (χ0n) is 10.4. The Bertz CT molecular complexity index is 602. The van der Waals surface area contributed by atoms with Gasteiger partial charge < -0.3 is 5.73 Å². The van der Waals surface area contributed by atoms with Crippen LogP contribution in [0, 0.1) is 0 Å². The average molecular weight is 289 g/mol. The molecule has 0 bridgehead atoms. The summed E-state index contributed by atoms with van der Waals surface area (Å²) in [5.74, 6) is 0.683. The highest BCUT2D eigenvalue weighted by Gasteiger charge is 2.23. The van der Waals surface area contributed by atoms with Crippen LogP contribution in [0.25, 0.3) is 0 Å². The lowest BCUT2D eigenvalue weighted by molar-refractivity contribution is 0.681. The summed E-state index contributed by atoms with van der Waals surface area (Å²) in [4.78, 5) is 2.16. The molecule has 1 aliphatic rings.